The van der Waals surface area contributed by atoms with Crippen LogP contribution in [0.4, 0.5) is 0 Å². The summed E-state index contributed by atoms with van der Waals surface area (Å²) >= 11 is 0. The zero-order chi connectivity index (χ0) is 10.1. The summed E-state index contributed by atoms with van der Waals surface area (Å²) in [4.78, 5) is 15.9. The molecular formula is C8H18N2O3. The van der Waals surface area contributed by atoms with Crippen LogP contribution in [0.5, 0.6) is 0 Å². The Kier molecular flexibility index (Phi) is 7.57. The molecule has 0 atom stereocenters. The van der Waals surface area contributed by atoms with Crippen LogP contribution in [-0.2, 0) is 14.4 Å². The Balaban J connectivity index is 3.27. The number of hydrogen-bond donors (Lipinski definition) is 1. The van der Waals surface area contributed by atoms with Gasteiger partial charge < -0.3 is 10.1 Å². The Hall–Kier alpha value is -0.650. The van der Waals surface area contributed by atoms with Gasteiger partial charge in [0, 0.05) is 33.7 Å². The molecule has 5 nitrogen and oxygen atoms in total. The number of methoxy groups -OCH3 is 1. The third kappa shape index (κ3) is 6.51. The monoisotopic (exact) mass is 190 g/mol. The van der Waals surface area contributed by atoms with Crippen molar-refractivity contribution in [2.45, 2.75) is 6.42 Å². The van der Waals surface area contributed by atoms with Gasteiger partial charge in [0.25, 0.3) is 0 Å². The van der Waals surface area contributed by atoms with Crippen molar-refractivity contribution in [1.82, 2.24) is 10.4 Å². The fourth-order valence-electron chi connectivity index (χ4n) is 0.754. The molecule has 0 bridgehead atoms. The van der Waals surface area contributed by atoms with Crippen LogP contribution in [0, 0.1) is 0 Å². The van der Waals surface area contributed by atoms with Crippen molar-refractivity contribution in [1.29, 1.82) is 0 Å². The van der Waals surface area contributed by atoms with Gasteiger partial charge >= 0.3 is 0 Å². The minimum atomic E-state index is -0.0348. The number of hydroxylamine groups is 2. The average molecular weight is 190 g/mol. The van der Waals surface area contributed by atoms with E-state index in [-0.39, 0.29) is 5.91 Å². The van der Waals surface area contributed by atoms with E-state index in [0.29, 0.717) is 19.6 Å². The predicted molar refractivity (Wildman–Crippen MR) is 49.1 cm³/mol. The van der Waals surface area contributed by atoms with Crippen molar-refractivity contribution in [3.8, 4) is 0 Å². The fourth-order valence-corrected chi connectivity index (χ4v) is 0.754. The number of carbonyl (C=O) groups is 1. The van der Waals surface area contributed by atoms with Gasteiger partial charge in [-0.3, -0.25) is 9.63 Å². The van der Waals surface area contributed by atoms with Crippen molar-refractivity contribution >= 4 is 5.91 Å². The molecule has 5 heteroatoms. The van der Waals surface area contributed by atoms with E-state index in [1.54, 1.807) is 14.2 Å². The highest BCUT2D eigenvalue weighted by Gasteiger charge is 2.05. The number of nitrogens with one attached hydrogen (secondary N) is 1. The highest BCUT2D eigenvalue weighted by Crippen LogP contribution is 1.88. The Morgan fingerprint density at radius 1 is 1.38 bits per heavy atom. The van der Waals surface area contributed by atoms with E-state index in [1.807, 2.05) is 0 Å². The van der Waals surface area contributed by atoms with Crippen molar-refractivity contribution < 1.29 is 14.4 Å². The summed E-state index contributed by atoms with van der Waals surface area (Å²) < 4.78 is 4.83. The number of ether oxygens (including phenoxy) is 1. The second kappa shape index (κ2) is 7.97. The van der Waals surface area contributed by atoms with Gasteiger partial charge in [0.05, 0.1) is 13.7 Å². The molecule has 0 aliphatic carbocycles. The number of amides is 1. The highest BCUT2D eigenvalue weighted by atomic mass is 16.7. The van der Waals surface area contributed by atoms with Gasteiger partial charge in [0.2, 0.25) is 5.91 Å². The standard InChI is InChI=1S/C8H18N2O3/c1-10(13-3)8(11)4-5-9-6-7-12-2/h9H,4-7H2,1-3H3. The Morgan fingerprint density at radius 3 is 2.62 bits per heavy atom. The molecule has 0 aromatic heterocycles. The van der Waals surface area contributed by atoms with E-state index in [1.165, 1.54) is 12.2 Å². The maximum absolute atomic E-state index is 11.1. The molecule has 0 aromatic rings. The maximum atomic E-state index is 11.1. The molecule has 0 saturated heterocycles. The predicted octanol–water partition coefficient (Wildman–Crippen LogP) is -0.368. The molecule has 0 aromatic carbocycles. The molecule has 0 radical (unpaired) electrons. The molecule has 0 spiro atoms. The van der Waals surface area contributed by atoms with Crippen molar-refractivity contribution in [3.63, 3.8) is 0 Å². The number of nitrogens with zero attached hydrogens (tertiary/aromatic N) is 1. The van der Waals surface area contributed by atoms with E-state index in [9.17, 15) is 4.79 Å². The lowest BCUT2D eigenvalue weighted by molar-refractivity contribution is -0.168. The minimum absolute atomic E-state index is 0.0348. The first-order chi connectivity index (χ1) is 6.22. The Bertz CT molecular complexity index is 141. The molecule has 0 fully saturated rings. The zero-order valence-electron chi connectivity index (χ0n) is 8.50. The summed E-state index contributed by atoms with van der Waals surface area (Å²) in [7, 11) is 4.71. The van der Waals surface area contributed by atoms with Crippen LogP contribution in [0.15, 0.2) is 0 Å². The lowest BCUT2D eigenvalue weighted by Gasteiger charge is -2.13. The van der Waals surface area contributed by atoms with Gasteiger partial charge in [-0.25, -0.2) is 5.06 Å². The summed E-state index contributed by atoms with van der Waals surface area (Å²) in [6, 6.07) is 0. The van der Waals surface area contributed by atoms with Gasteiger partial charge in [0.1, 0.15) is 0 Å². The summed E-state index contributed by atoms with van der Waals surface area (Å²) in [6.07, 6.45) is 0.439. The molecule has 1 amide bonds. The van der Waals surface area contributed by atoms with Crippen LogP contribution in [0.1, 0.15) is 6.42 Å². The average Bonchev–Trinajstić information content (AvgIpc) is 2.16. The van der Waals surface area contributed by atoms with E-state index >= 15 is 0 Å². The topological polar surface area (TPSA) is 50.8 Å². The molecule has 13 heavy (non-hydrogen) atoms. The molecule has 78 valence electrons. The van der Waals surface area contributed by atoms with Gasteiger partial charge in [-0.1, -0.05) is 0 Å². The minimum Gasteiger partial charge on any atom is -0.383 e. The normalized spacial score (nSPS) is 10.1. The van der Waals surface area contributed by atoms with Crippen LogP contribution >= 0.6 is 0 Å². The summed E-state index contributed by atoms with van der Waals surface area (Å²) in [6.45, 7) is 2.07. The van der Waals surface area contributed by atoms with Gasteiger partial charge in [-0.2, -0.15) is 0 Å². The lowest BCUT2D eigenvalue weighted by Crippen LogP contribution is -2.30. The second-order valence-corrected chi connectivity index (χ2v) is 2.57. The summed E-state index contributed by atoms with van der Waals surface area (Å²) in [5.74, 6) is -0.0348. The molecule has 0 saturated carbocycles. The molecule has 1 N–H and O–H groups in total. The van der Waals surface area contributed by atoms with E-state index in [0.717, 1.165) is 6.54 Å². The van der Waals surface area contributed by atoms with Crippen molar-refractivity contribution in [3.05, 3.63) is 0 Å². The van der Waals surface area contributed by atoms with Gasteiger partial charge in [-0.05, 0) is 0 Å². The third-order valence-electron chi connectivity index (χ3n) is 1.62. The number of carbonyl (C=O) groups excluding carboxylic acids is 1. The van der Waals surface area contributed by atoms with Crippen LogP contribution in [0.3, 0.4) is 0 Å². The van der Waals surface area contributed by atoms with Crippen LogP contribution in [0.2, 0.25) is 0 Å². The van der Waals surface area contributed by atoms with E-state index < -0.39 is 0 Å². The summed E-state index contributed by atoms with van der Waals surface area (Å²) in [5, 5.41) is 4.29. The van der Waals surface area contributed by atoms with Crippen molar-refractivity contribution in [2.24, 2.45) is 0 Å². The van der Waals surface area contributed by atoms with E-state index in [2.05, 4.69) is 5.32 Å². The fraction of sp³-hybridized carbons (Fsp3) is 0.875. The number of hydrogen-bond acceptors (Lipinski definition) is 4. The zero-order valence-corrected chi connectivity index (χ0v) is 8.50. The summed E-state index contributed by atoms with van der Waals surface area (Å²) in [5.41, 5.74) is 0. The Morgan fingerprint density at radius 2 is 2.08 bits per heavy atom. The first-order valence-electron chi connectivity index (χ1n) is 4.22. The van der Waals surface area contributed by atoms with Crippen LogP contribution in [-0.4, -0.2) is 51.9 Å². The Labute approximate surface area is 78.9 Å². The molecule has 0 rings (SSSR count). The van der Waals surface area contributed by atoms with Crippen LogP contribution in [0.25, 0.3) is 0 Å². The molecule has 0 aliphatic rings. The van der Waals surface area contributed by atoms with Gasteiger partial charge in [-0.15, -0.1) is 0 Å². The molecular weight excluding hydrogens is 172 g/mol. The van der Waals surface area contributed by atoms with Crippen LogP contribution < -0.4 is 5.32 Å². The van der Waals surface area contributed by atoms with Gasteiger partial charge in [0.15, 0.2) is 0 Å². The van der Waals surface area contributed by atoms with E-state index in [4.69, 9.17) is 9.57 Å². The lowest BCUT2D eigenvalue weighted by atomic mass is 10.4. The second-order valence-electron chi connectivity index (χ2n) is 2.57. The smallest absolute Gasteiger partial charge is 0.247 e. The molecule has 0 heterocycles. The first kappa shape index (κ1) is 12.3. The molecule has 0 unspecified atom stereocenters. The highest BCUT2D eigenvalue weighted by molar-refractivity contribution is 5.74. The number of rotatable bonds is 7. The third-order valence-corrected chi connectivity index (χ3v) is 1.62. The van der Waals surface area contributed by atoms with Crippen molar-refractivity contribution in [2.75, 3.05) is 41.0 Å². The largest absolute Gasteiger partial charge is 0.383 e. The molecule has 0 aliphatic heterocycles. The maximum Gasteiger partial charge on any atom is 0.247 e. The first-order valence-corrected chi connectivity index (χ1v) is 4.22. The quantitative estimate of drug-likeness (QED) is 0.439. The SMILES string of the molecule is COCCNCCC(=O)N(C)OC.